The summed E-state index contributed by atoms with van der Waals surface area (Å²) in [5, 5.41) is 5.36. The maximum Gasteiger partial charge on any atom is 0.320 e. The number of rotatable bonds is 4. The maximum absolute atomic E-state index is 14.2. The van der Waals surface area contributed by atoms with Gasteiger partial charge in [-0.15, -0.1) is 0 Å². The number of carbonyl (C=O) groups excluding carboxylic acids is 1. The van der Waals surface area contributed by atoms with Crippen molar-refractivity contribution in [3.05, 3.63) is 77.7 Å². The van der Waals surface area contributed by atoms with Crippen LogP contribution in [-0.4, -0.2) is 23.7 Å². The number of urea groups is 1. The zero-order valence-corrected chi connectivity index (χ0v) is 15.9. The number of hydrogen-bond donors (Lipinski definition) is 2. The highest BCUT2D eigenvalue weighted by Crippen LogP contribution is 2.55. The summed E-state index contributed by atoms with van der Waals surface area (Å²) in [5.74, 6) is -0.911. The third-order valence-electron chi connectivity index (χ3n) is 5.34. The molecule has 31 heavy (non-hydrogen) atoms. The van der Waals surface area contributed by atoms with Crippen molar-refractivity contribution < 1.29 is 27.4 Å². The molecule has 1 aromatic heterocycles. The molecule has 9 heteroatoms. The van der Waals surface area contributed by atoms with Crippen molar-refractivity contribution >= 4 is 11.8 Å². The summed E-state index contributed by atoms with van der Waals surface area (Å²) in [4.78, 5) is 16.4. The first-order valence-electron chi connectivity index (χ1n) is 9.57. The molecular formula is C22H16F3N3O3. The highest BCUT2D eigenvalue weighted by Gasteiger charge is 2.57. The molecule has 2 amide bonds. The zero-order chi connectivity index (χ0) is 21.5. The second-order valence-corrected chi connectivity index (χ2v) is 7.33. The molecule has 2 N–H and O–H groups in total. The minimum atomic E-state index is -0.614. The van der Waals surface area contributed by atoms with Crippen LogP contribution in [0.5, 0.6) is 17.2 Å². The number of nitrogens with one attached hydrogen (secondary N) is 2. The van der Waals surface area contributed by atoms with Crippen molar-refractivity contribution in [1.29, 1.82) is 0 Å². The summed E-state index contributed by atoms with van der Waals surface area (Å²) >= 11 is 0. The Morgan fingerprint density at radius 2 is 1.74 bits per heavy atom. The molecule has 158 valence electrons. The maximum atomic E-state index is 14.2. The summed E-state index contributed by atoms with van der Waals surface area (Å²) < 4.78 is 51.9. The van der Waals surface area contributed by atoms with Gasteiger partial charge in [0.25, 0.3) is 0 Å². The van der Waals surface area contributed by atoms with Gasteiger partial charge in [0.1, 0.15) is 29.0 Å². The quantitative estimate of drug-likeness (QED) is 0.639. The van der Waals surface area contributed by atoms with Crippen LogP contribution in [0.3, 0.4) is 0 Å². The predicted octanol–water partition coefficient (Wildman–Crippen LogP) is 4.59. The van der Waals surface area contributed by atoms with Gasteiger partial charge in [-0.1, -0.05) is 0 Å². The largest absolute Gasteiger partial charge is 0.490 e. The third-order valence-corrected chi connectivity index (χ3v) is 5.34. The van der Waals surface area contributed by atoms with Gasteiger partial charge in [-0.25, -0.2) is 22.9 Å². The molecule has 0 spiro atoms. The van der Waals surface area contributed by atoms with Gasteiger partial charge in [-0.05, 0) is 48.5 Å². The number of pyridine rings is 1. The van der Waals surface area contributed by atoms with E-state index in [1.54, 1.807) is 12.1 Å². The lowest BCUT2D eigenvalue weighted by molar-refractivity contribution is 0.247. The van der Waals surface area contributed by atoms with Gasteiger partial charge < -0.3 is 14.8 Å². The molecule has 2 aromatic carbocycles. The lowest BCUT2D eigenvalue weighted by atomic mass is 10.0. The Labute approximate surface area is 175 Å². The van der Waals surface area contributed by atoms with Gasteiger partial charge in [0.05, 0.1) is 12.8 Å². The number of aromatic nitrogens is 1. The van der Waals surface area contributed by atoms with E-state index in [0.717, 1.165) is 12.1 Å². The van der Waals surface area contributed by atoms with Crippen LogP contribution in [-0.2, 0) is 0 Å². The number of benzene rings is 2. The van der Waals surface area contributed by atoms with Crippen molar-refractivity contribution in [3.63, 3.8) is 0 Å². The van der Waals surface area contributed by atoms with E-state index in [9.17, 15) is 18.0 Å². The van der Waals surface area contributed by atoms with Crippen molar-refractivity contribution in [3.8, 4) is 17.2 Å². The Balaban J connectivity index is 1.20. The molecule has 6 nitrogen and oxygen atoms in total. The van der Waals surface area contributed by atoms with Crippen LogP contribution in [0.25, 0.3) is 0 Å². The molecule has 2 aliphatic rings. The Hall–Kier alpha value is -3.75. The van der Waals surface area contributed by atoms with E-state index in [0.29, 0.717) is 11.5 Å². The van der Waals surface area contributed by atoms with E-state index in [1.165, 1.54) is 30.5 Å². The minimum Gasteiger partial charge on any atom is -0.490 e. The average molecular weight is 427 g/mol. The summed E-state index contributed by atoms with van der Waals surface area (Å²) in [6.45, 7) is 0.205. The van der Waals surface area contributed by atoms with Crippen LogP contribution < -0.4 is 20.1 Å². The number of anilines is 1. The molecule has 3 aromatic rings. The minimum absolute atomic E-state index is 0.0793. The van der Waals surface area contributed by atoms with Crippen molar-refractivity contribution in [2.75, 3.05) is 11.9 Å². The van der Waals surface area contributed by atoms with E-state index >= 15 is 0 Å². The number of fused-ring (bicyclic) bond motifs is 3. The number of halogens is 3. The van der Waals surface area contributed by atoms with Crippen molar-refractivity contribution in [1.82, 2.24) is 10.3 Å². The molecule has 1 fully saturated rings. The lowest BCUT2D eigenvalue weighted by Gasteiger charge is -2.16. The van der Waals surface area contributed by atoms with Crippen molar-refractivity contribution in [2.24, 2.45) is 5.92 Å². The van der Waals surface area contributed by atoms with Gasteiger partial charge in [0, 0.05) is 23.4 Å². The van der Waals surface area contributed by atoms with E-state index in [1.807, 2.05) is 0 Å². The number of hydrogen-bond acceptors (Lipinski definition) is 4. The van der Waals surface area contributed by atoms with Gasteiger partial charge in [0.15, 0.2) is 11.6 Å². The first-order chi connectivity index (χ1) is 15.0. The van der Waals surface area contributed by atoms with Crippen LogP contribution >= 0.6 is 0 Å². The van der Waals surface area contributed by atoms with Crippen LogP contribution in [0.2, 0.25) is 0 Å². The van der Waals surface area contributed by atoms with Gasteiger partial charge in [0.2, 0.25) is 0 Å². The van der Waals surface area contributed by atoms with Crippen LogP contribution in [0, 0.1) is 23.4 Å². The molecule has 1 unspecified atom stereocenters. The Morgan fingerprint density at radius 1 is 1.00 bits per heavy atom. The number of ether oxygens (including phenoxy) is 2. The SMILES string of the molecule is O=C(Nc1ccc(Oc2ccc(F)cc2)cn1)NC1[C@H]2COc3c(F)ccc(F)c3[C@@H]12. The molecule has 0 saturated heterocycles. The normalized spacial score (nSPS) is 20.7. The van der Waals surface area contributed by atoms with E-state index in [-0.39, 0.29) is 47.4 Å². The summed E-state index contributed by atoms with van der Waals surface area (Å²) in [7, 11) is 0. The molecule has 1 aliphatic carbocycles. The fraction of sp³-hybridized carbons (Fsp3) is 0.182. The summed E-state index contributed by atoms with van der Waals surface area (Å²) in [6.07, 6.45) is 1.41. The Kier molecular flexibility index (Phi) is 4.65. The predicted molar refractivity (Wildman–Crippen MR) is 105 cm³/mol. The highest BCUT2D eigenvalue weighted by molar-refractivity contribution is 5.89. The van der Waals surface area contributed by atoms with Crippen LogP contribution in [0.1, 0.15) is 11.5 Å². The number of amides is 2. The molecule has 1 aliphatic heterocycles. The molecule has 1 saturated carbocycles. The molecule has 2 heterocycles. The standard InChI is InChI=1S/C22H16F3N3O3/c23-11-1-3-12(4-2-11)31-13-5-8-17(26-9-13)27-22(29)28-20-14-10-30-21-16(25)7-6-15(24)19(21)18(14)20/h1-9,14,18,20H,10H2,(H2,26,27,28,29)/t14-,18-,20?/m0/s1. The fourth-order valence-electron chi connectivity index (χ4n) is 3.81. The second kappa shape index (κ2) is 7.50. The smallest absolute Gasteiger partial charge is 0.320 e. The summed E-state index contributed by atoms with van der Waals surface area (Å²) in [6, 6.07) is 9.90. The van der Waals surface area contributed by atoms with E-state index in [2.05, 4.69) is 15.6 Å². The molecule has 5 rings (SSSR count). The zero-order valence-electron chi connectivity index (χ0n) is 15.9. The van der Waals surface area contributed by atoms with E-state index in [4.69, 9.17) is 9.47 Å². The first kappa shape index (κ1) is 19.2. The van der Waals surface area contributed by atoms with Crippen molar-refractivity contribution in [2.45, 2.75) is 12.0 Å². The first-order valence-corrected chi connectivity index (χ1v) is 9.57. The fourth-order valence-corrected chi connectivity index (χ4v) is 3.81. The second-order valence-electron chi connectivity index (χ2n) is 7.33. The Bertz CT molecular complexity index is 1140. The third kappa shape index (κ3) is 3.74. The topological polar surface area (TPSA) is 72.5 Å². The molecule has 3 atom stereocenters. The molecular weight excluding hydrogens is 411 g/mol. The molecule has 0 bridgehead atoms. The highest BCUT2D eigenvalue weighted by atomic mass is 19.1. The number of carbonyl (C=O) groups is 1. The van der Waals surface area contributed by atoms with E-state index < -0.39 is 17.7 Å². The van der Waals surface area contributed by atoms with Crippen LogP contribution in [0.15, 0.2) is 54.7 Å². The van der Waals surface area contributed by atoms with Crippen LogP contribution in [0.4, 0.5) is 23.8 Å². The molecule has 0 radical (unpaired) electrons. The van der Waals surface area contributed by atoms with Gasteiger partial charge >= 0.3 is 6.03 Å². The lowest BCUT2D eigenvalue weighted by Crippen LogP contribution is -2.32. The monoisotopic (exact) mass is 427 g/mol. The summed E-state index contributed by atoms with van der Waals surface area (Å²) in [5.41, 5.74) is 0.168. The Morgan fingerprint density at radius 3 is 2.48 bits per heavy atom. The average Bonchev–Trinajstić information content (AvgIpc) is 3.46. The number of nitrogens with zero attached hydrogens (tertiary/aromatic N) is 1. The van der Waals surface area contributed by atoms with Gasteiger partial charge in [-0.3, -0.25) is 5.32 Å². The van der Waals surface area contributed by atoms with Gasteiger partial charge in [-0.2, -0.15) is 0 Å².